The van der Waals surface area contributed by atoms with Gasteiger partial charge in [-0.25, -0.2) is 0 Å². The number of nitrogens with zero attached hydrogens (tertiary/aromatic N) is 5. The van der Waals surface area contributed by atoms with Crippen molar-refractivity contribution in [1.29, 1.82) is 0 Å². The van der Waals surface area contributed by atoms with E-state index in [1.807, 2.05) is 41.3 Å². The lowest BCUT2D eigenvalue weighted by molar-refractivity contribution is 0.0762. The number of para-hydroxylation sites is 1. The molecule has 2 amide bonds. The summed E-state index contributed by atoms with van der Waals surface area (Å²) >= 11 is 0. The maximum absolute atomic E-state index is 13.2. The highest BCUT2D eigenvalue weighted by molar-refractivity contribution is 6.04. The first-order chi connectivity index (χ1) is 16.1. The third-order valence-electron chi connectivity index (χ3n) is 6.67. The number of hydrogen-bond acceptors (Lipinski definition) is 5. The standard InChI is InChI=1S/C25H28N6O2/c26-24(32)22-23(28-31(27-22)21-11-5-2-6-12-21)25(33)30-16-19-14-29(15-20(19)17-30)13-7-10-18-8-3-1-4-9-18/h1-6,8-9,11-12,19-20H,7,10,13-17H2,(H2,26,32)/t19-,20?/m0/s1. The summed E-state index contributed by atoms with van der Waals surface area (Å²) in [5.74, 6) is -0.112. The number of rotatable bonds is 7. The summed E-state index contributed by atoms with van der Waals surface area (Å²) in [6.45, 7) is 4.43. The predicted molar refractivity (Wildman–Crippen MR) is 124 cm³/mol. The molecule has 2 saturated heterocycles. The highest BCUT2D eigenvalue weighted by Crippen LogP contribution is 2.32. The van der Waals surface area contributed by atoms with Crippen molar-refractivity contribution in [3.8, 4) is 5.69 Å². The molecule has 0 aliphatic carbocycles. The van der Waals surface area contributed by atoms with Gasteiger partial charge in [-0.2, -0.15) is 4.80 Å². The van der Waals surface area contributed by atoms with Crippen LogP contribution in [0.15, 0.2) is 60.7 Å². The topological polar surface area (TPSA) is 97.3 Å². The largest absolute Gasteiger partial charge is 0.364 e. The molecule has 1 aromatic heterocycles. The van der Waals surface area contributed by atoms with Crippen LogP contribution in [-0.2, 0) is 6.42 Å². The molecule has 0 radical (unpaired) electrons. The molecule has 2 aliphatic rings. The van der Waals surface area contributed by atoms with Crippen LogP contribution in [0.1, 0.15) is 33.0 Å². The zero-order valence-electron chi connectivity index (χ0n) is 18.5. The van der Waals surface area contributed by atoms with Gasteiger partial charge in [0.25, 0.3) is 11.8 Å². The number of amides is 2. The smallest absolute Gasteiger partial charge is 0.276 e. The molecule has 1 unspecified atom stereocenters. The van der Waals surface area contributed by atoms with E-state index >= 15 is 0 Å². The molecule has 33 heavy (non-hydrogen) atoms. The number of primary amides is 1. The first-order valence-corrected chi connectivity index (χ1v) is 11.5. The van der Waals surface area contributed by atoms with E-state index in [2.05, 4.69) is 39.4 Å². The average molecular weight is 445 g/mol. The molecule has 0 saturated carbocycles. The molecular weight excluding hydrogens is 416 g/mol. The Bertz CT molecular complexity index is 1120. The zero-order valence-corrected chi connectivity index (χ0v) is 18.5. The minimum absolute atomic E-state index is 0.0334. The van der Waals surface area contributed by atoms with E-state index in [0.29, 0.717) is 30.6 Å². The summed E-state index contributed by atoms with van der Waals surface area (Å²) in [6, 6.07) is 19.8. The predicted octanol–water partition coefficient (Wildman–Crippen LogP) is 2.00. The first-order valence-electron chi connectivity index (χ1n) is 11.5. The number of fused-ring (bicyclic) bond motifs is 1. The molecule has 8 heteroatoms. The third-order valence-corrected chi connectivity index (χ3v) is 6.67. The van der Waals surface area contributed by atoms with Crippen LogP contribution in [0, 0.1) is 11.8 Å². The minimum Gasteiger partial charge on any atom is -0.364 e. The van der Waals surface area contributed by atoms with Gasteiger partial charge < -0.3 is 15.5 Å². The molecule has 2 aromatic carbocycles. The highest BCUT2D eigenvalue weighted by Gasteiger charge is 2.42. The molecule has 0 spiro atoms. The fourth-order valence-electron chi connectivity index (χ4n) is 5.03. The van der Waals surface area contributed by atoms with Crippen molar-refractivity contribution in [3.63, 3.8) is 0 Å². The maximum atomic E-state index is 13.2. The van der Waals surface area contributed by atoms with Crippen molar-refractivity contribution in [2.45, 2.75) is 12.8 Å². The summed E-state index contributed by atoms with van der Waals surface area (Å²) < 4.78 is 0. The lowest BCUT2D eigenvalue weighted by Gasteiger charge is -2.21. The normalized spacial score (nSPS) is 20.2. The maximum Gasteiger partial charge on any atom is 0.276 e. The van der Waals surface area contributed by atoms with Crippen LogP contribution in [0.2, 0.25) is 0 Å². The second-order valence-corrected chi connectivity index (χ2v) is 8.97. The van der Waals surface area contributed by atoms with Crippen molar-refractivity contribution in [3.05, 3.63) is 77.6 Å². The first kappa shape index (κ1) is 21.3. The summed E-state index contributed by atoms with van der Waals surface area (Å²) in [5.41, 5.74) is 7.51. The van der Waals surface area contributed by atoms with Gasteiger partial charge in [0.05, 0.1) is 5.69 Å². The molecule has 3 aromatic rings. The molecule has 2 N–H and O–H groups in total. The summed E-state index contributed by atoms with van der Waals surface area (Å²) in [4.78, 5) is 30.8. The van der Waals surface area contributed by atoms with E-state index in [1.165, 1.54) is 10.4 Å². The molecule has 2 atom stereocenters. The zero-order chi connectivity index (χ0) is 22.8. The van der Waals surface area contributed by atoms with Gasteiger partial charge in [0.15, 0.2) is 11.4 Å². The van der Waals surface area contributed by atoms with E-state index in [1.54, 1.807) is 0 Å². The van der Waals surface area contributed by atoms with Crippen LogP contribution < -0.4 is 5.73 Å². The quantitative estimate of drug-likeness (QED) is 0.601. The molecule has 5 rings (SSSR count). The Morgan fingerprint density at radius 1 is 0.848 bits per heavy atom. The van der Waals surface area contributed by atoms with Gasteiger partial charge in [0, 0.05) is 26.2 Å². The molecule has 8 nitrogen and oxygen atoms in total. The monoisotopic (exact) mass is 444 g/mol. The van der Waals surface area contributed by atoms with Gasteiger partial charge in [-0.3, -0.25) is 9.59 Å². The molecule has 170 valence electrons. The van der Waals surface area contributed by atoms with Gasteiger partial charge >= 0.3 is 0 Å². The number of likely N-dealkylation sites (tertiary alicyclic amines) is 2. The Labute approximate surface area is 193 Å². The Morgan fingerprint density at radius 3 is 2.09 bits per heavy atom. The van der Waals surface area contributed by atoms with E-state index in [9.17, 15) is 9.59 Å². The Balaban J connectivity index is 1.20. The van der Waals surface area contributed by atoms with E-state index in [4.69, 9.17) is 5.73 Å². The van der Waals surface area contributed by atoms with Crippen molar-refractivity contribution in [2.24, 2.45) is 17.6 Å². The second kappa shape index (κ2) is 9.15. The van der Waals surface area contributed by atoms with E-state index in [-0.39, 0.29) is 17.3 Å². The lowest BCUT2D eigenvalue weighted by atomic mass is 10.0. The van der Waals surface area contributed by atoms with E-state index < -0.39 is 5.91 Å². The van der Waals surface area contributed by atoms with Gasteiger partial charge in [-0.1, -0.05) is 48.5 Å². The van der Waals surface area contributed by atoms with Crippen LogP contribution in [0.5, 0.6) is 0 Å². The number of aryl methyl sites for hydroxylation is 1. The number of hydrogen-bond donors (Lipinski definition) is 1. The van der Waals surface area contributed by atoms with Crippen molar-refractivity contribution in [2.75, 3.05) is 32.7 Å². The Hall–Kier alpha value is -3.52. The van der Waals surface area contributed by atoms with Gasteiger partial charge in [-0.15, -0.1) is 10.2 Å². The average Bonchev–Trinajstić information content (AvgIpc) is 3.53. The van der Waals surface area contributed by atoms with Crippen LogP contribution in [0.25, 0.3) is 5.69 Å². The number of nitrogens with two attached hydrogens (primary N) is 1. The SMILES string of the molecule is NC(=O)c1nn(-c2ccccc2)nc1C(=O)N1CC2CN(CCCc3ccccc3)C[C@H]2C1. The fourth-order valence-corrected chi connectivity index (χ4v) is 5.03. The Morgan fingerprint density at radius 2 is 1.45 bits per heavy atom. The minimum atomic E-state index is -0.746. The van der Waals surface area contributed by atoms with Crippen molar-refractivity contribution >= 4 is 11.8 Å². The molecule has 2 fully saturated rings. The number of aromatic nitrogens is 3. The number of carbonyl (C=O) groups excluding carboxylic acids is 2. The highest BCUT2D eigenvalue weighted by atomic mass is 16.2. The lowest BCUT2D eigenvalue weighted by Crippen LogP contribution is -2.35. The molecule has 0 bridgehead atoms. The second-order valence-electron chi connectivity index (χ2n) is 8.97. The molecule has 3 heterocycles. The van der Waals surface area contributed by atoms with Crippen LogP contribution in [-0.4, -0.2) is 69.3 Å². The molecule has 2 aliphatic heterocycles. The molecular formula is C25H28N6O2. The summed E-state index contributed by atoms with van der Waals surface area (Å²) in [5, 5.41) is 8.52. The summed E-state index contributed by atoms with van der Waals surface area (Å²) in [6.07, 6.45) is 2.22. The van der Waals surface area contributed by atoms with Crippen LogP contribution in [0.3, 0.4) is 0 Å². The van der Waals surface area contributed by atoms with E-state index in [0.717, 1.165) is 32.5 Å². The fraction of sp³-hybridized carbons (Fsp3) is 0.360. The van der Waals surface area contributed by atoms with Crippen LogP contribution in [0.4, 0.5) is 0 Å². The van der Waals surface area contributed by atoms with Gasteiger partial charge in [-0.05, 0) is 48.9 Å². The third kappa shape index (κ3) is 4.52. The number of carbonyl (C=O) groups is 2. The van der Waals surface area contributed by atoms with Crippen molar-refractivity contribution in [1.82, 2.24) is 24.8 Å². The summed E-state index contributed by atoms with van der Waals surface area (Å²) in [7, 11) is 0. The Kier molecular flexibility index (Phi) is 5.92. The van der Waals surface area contributed by atoms with Gasteiger partial charge in [0.1, 0.15) is 0 Å². The van der Waals surface area contributed by atoms with Crippen molar-refractivity contribution < 1.29 is 9.59 Å². The number of benzene rings is 2. The van der Waals surface area contributed by atoms with Crippen LogP contribution >= 0.6 is 0 Å². The van der Waals surface area contributed by atoms with Gasteiger partial charge in [0.2, 0.25) is 0 Å².